The number of hydrogen-bond donors (Lipinski definition) is 2. The van der Waals surface area contributed by atoms with Crippen molar-refractivity contribution in [1.29, 1.82) is 0 Å². The number of rotatable bonds is 11. The van der Waals surface area contributed by atoms with Gasteiger partial charge in [-0.2, -0.15) is 0 Å². The molecule has 1 atom stereocenters. The third-order valence-electron chi connectivity index (χ3n) is 6.88. The van der Waals surface area contributed by atoms with Gasteiger partial charge < -0.3 is 10.1 Å². The Morgan fingerprint density at radius 1 is 1.10 bits per heavy atom. The molecule has 10 nitrogen and oxygen atoms in total. The minimum Gasteiger partial charge on any atom is -0.480 e. The fourth-order valence-corrected chi connectivity index (χ4v) is 6.00. The number of methoxy groups -OCH3 is 1. The minimum atomic E-state index is -4.23. The molecule has 222 valence electrons. The minimum absolute atomic E-state index is 0.00831. The van der Waals surface area contributed by atoms with E-state index in [9.17, 15) is 22.4 Å². The Morgan fingerprint density at radius 2 is 1.83 bits per heavy atom. The van der Waals surface area contributed by atoms with Crippen LogP contribution < -0.4 is 20.3 Å². The molecule has 0 aliphatic rings. The molecule has 42 heavy (non-hydrogen) atoms. The summed E-state index contributed by atoms with van der Waals surface area (Å²) in [5.41, 5.74) is 1.19. The van der Waals surface area contributed by atoms with Crippen LogP contribution in [0.3, 0.4) is 0 Å². The molecular weight excluding hydrogens is 585 g/mol. The van der Waals surface area contributed by atoms with Crippen molar-refractivity contribution < 1.29 is 22.3 Å². The first-order chi connectivity index (χ1) is 20.0. The molecule has 0 bridgehead atoms. The predicted octanol–water partition coefficient (Wildman–Crippen LogP) is 5.00. The van der Waals surface area contributed by atoms with Crippen LogP contribution in [0.15, 0.2) is 64.7 Å². The van der Waals surface area contributed by atoms with Gasteiger partial charge in [-0.05, 0) is 54.8 Å². The molecule has 0 unspecified atom stereocenters. The lowest BCUT2D eigenvalue weighted by atomic mass is 10.0. The zero-order valence-electron chi connectivity index (χ0n) is 23.5. The number of carbonyl (C=O) groups is 1. The quantitative estimate of drug-likeness (QED) is 0.243. The van der Waals surface area contributed by atoms with Crippen LogP contribution in [0.5, 0.6) is 5.88 Å². The second-order valence-electron chi connectivity index (χ2n) is 9.82. The Bertz CT molecular complexity index is 1790. The van der Waals surface area contributed by atoms with Crippen molar-refractivity contribution in [3.05, 3.63) is 76.2 Å². The van der Waals surface area contributed by atoms with Crippen LogP contribution in [0.25, 0.3) is 22.0 Å². The Balaban J connectivity index is 1.66. The lowest BCUT2D eigenvalue weighted by Crippen LogP contribution is -2.39. The molecule has 0 fully saturated rings. The molecular formula is C29H31ClFN5O5S. The molecule has 0 spiro atoms. The van der Waals surface area contributed by atoms with Crippen LogP contribution in [-0.2, 0) is 21.4 Å². The zero-order chi connectivity index (χ0) is 30.6. The third-order valence-corrected chi connectivity index (χ3v) is 8.73. The SMILES string of the molecule is CCC(CC)NC(=O)[C@@H](C)Cn1cnc2ccc(-c3cnc(OC)c(NS(=O)(=O)c4ccc(F)cc4Cl)c3)cc2c1=O. The fraction of sp³-hybridized carbons (Fsp3) is 0.310. The Labute approximate surface area is 248 Å². The Hall–Kier alpha value is -4.03. The van der Waals surface area contributed by atoms with Crippen molar-refractivity contribution in [3.63, 3.8) is 0 Å². The molecule has 0 saturated heterocycles. The average Bonchev–Trinajstić information content (AvgIpc) is 2.96. The fourth-order valence-electron chi connectivity index (χ4n) is 4.42. The molecule has 0 saturated carbocycles. The summed E-state index contributed by atoms with van der Waals surface area (Å²) in [4.78, 5) is 34.3. The molecule has 4 rings (SSSR count). The second kappa shape index (κ2) is 12.9. The number of sulfonamides is 1. The highest BCUT2D eigenvalue weighted by Gasteiger charge is 2.22. The zero-order valence-corrected chi connectivity index (χ0v) is 25.1. The van der Waals surface area contributed by atoms with Crippen molar-refractivity contribution in [3.8, 4) is 17.0 Å². The van der Waals surface area contributed by atoms with Gasteiger partial charge in [-0.25, -0.2) is 22.8 Å². The molecule has 0 aliphatic heterocycles. The summed E-state index contributed by atoms with van der Waals surface area (Å²) in [7, 11) is -2.90. The van der Waals surface area contributed by atoms with E-state index in [0.717, 1.165) is 31.0 Å². The Kier molecular flexibility index (Phi) is 9.47. The summed E-state index contributed by atoms with van der Waals surface area (Å²) in [6.45, 7) is 5.92. The van der Waals surface area contributed by atoms with E-state index in [2.05, 4.69) is 20.0 Å². The van der Waals surface area contributed by atoms with E-state index in [1.54, 1.807) is 25.1 Å². The molecule has 4 aromatic rings. The van der Waals surface area contributed by atoms with Crippen molar-refractivity contribution in [1.82, 2.24) is 19.9 Å². The first kappa shape index (κ1) is 30.9. The smallest absolute Gasteiger partial charge is 0.263 e. The number of pyridine rings is 1. The first-order valence-corrected chi connectivity index (χ1v) is 15.1. The van der Waals surface area contributed by atoms with Crippen LogP contribution in [0, 0.1) is 11.7 Å². The number of nitrogens with one attached hydrogen (secondary N) is 2. The van der Waals surface area contributed by atoms with E-state index in [0.29, 0.717) is 22.0 Å². The van der Waals surface area contributed by atoms with Gasteiger partial charge in [0.05, 0.1) is 35.3 Å². The lowest BCUT2D eigenvalue weighted by Gasteiger charge is -2.19. The largest absolute Gasteiger partial charge is 0.480 e. The van der Waals surface area contributed by atoms with Gasteiger partial charge in [-0.1, -0.05) is 38.4 Å². The highest BCUT2D eigenvalue weighted by molar-refractivity contribution is 7.92. The number of ether oxygens (including phenoxy) is 1. The standard InChI is InChI=1S/C29H31ClFN5O5S/c1-5-21(6-2)34-27(37)17(3)15-36-16-33-24-9-7-18(11-22(24)29(36)38)19-12-25(28(41-4)32-14-19)35-42(39,40)26-10-8-20(31)13-23(26)30/h7-14,16-17,21,35H,5-6,15H2,1-4H3,(H,34,37)/t17-/m0/s1. The van der Waals surface area contributed by atoms with Crippen LogP contribution in [0.4, 0.5) is 10.1 Å². The number of aromatic nitrogens is 3. The van der Waals surface area contributed by atoms with E-state index in [4.69, 9.17) is 16.3 Å². The van der Waals surface area contributed by atoms with Crippen LogP contribution >= 0.6 is 11.6 Å². The van der Waals surface area contributed by atoms with E-state index in [-0.39, 0.29) is 45.5 Å². The molecule has 1 amide bonds. The summed E-state index contributed by atoms with van der Waals surface area (Å²) >= 11 is 5.98. The van der Waals surface area contributed by atoms with E-state index < -0.39 is 21.8 Å². The van der Waals surface area contributed by atoms with Gasteiger partial charge >= 0.3 is 0 Å². The number of halogens is 2. The molecule has 13 heteroatoms. The summed E-state index contributed by atoms with van der Waals surface area (Å²) < 4.78 is 48.6. The highest BCUT2D eigenvalue weighted by atomic mass is 35.5. The van der Waals surface area contributed by atoms with Crippen molar-refractivity contribution in [2.45, 2.75) is 51.1 Å². The number of hydrogen-bond acceptors (Lipinski definition) is 7. The summed E-state index contributed by atoms with van der Waals surface area (Å²) in [6.07, 6.45) is 4.53. The normalized spacial score (nSPS) is 12.4. The molecule has 2 aromatic carbocycles. The maximum Gasteiger partial charge on any atom is 0.263 e. The van der Waals surface area contributed by atoms with E-state index >= 15 is 0 Å². The second-order valence-corrected chi connectivity index (χ2v) is 11.9. The number of amides is 1. The number of benzene rings is 2. The van der Waals surface area contributed by atoms with Gasteiger partial charge in [0.15, 0.2) is 0 Å². The van der Waals surface area contributed by atoms with Gasteiger partial charge in [-0.15, -0.1) is 0 Å². The highest BCUT2D eigenvalue weighted by Crippen LogP contribution is 2.32. The van der Waals surface area contributed by atoms with Gasteiger partial charge in [0.1, 0.15) is 16.4 Å². The van der Waals surface area contributed by atoms with Crippen LogP contribution in [-0.4, -0.2) is 42.0 Å². The van der Waals surface area contributed by atoms with Crippen LogP contribution in [0.1, 0.15) is 33.6 Å². The van der Waals surface area contributed by atoms with Crippen molar-refractivity contribution in [2.75, 3.05) is 11.8 Å². The monoisotopic (exact) mass is 615 g/mol. The summed E-state index contributed by atoms with van der Waals surface area (Å²) in [6, 6.07) is 9.56. The van der Waals surface area contributed by atoms with Crippen molar-refractivity contribution in [2.24, 2.45) is 5.92 Å². The lowest BCUT2D eigenvalue weighted by molar-refractivity contribution is -0.125. The van der Waals surface area contributed by atoms with E-state index in [1.807, 2.05) is 13.8 Å². The van der Waals surface area contributed by atoms with Gasteiger partial charge in [0, 0.05) is 24.3 Å². The molecule has 2 heterocycles. The van der Waals surface area contributed by atoms with Gasteiger partial charge in [0.25, 0.3) is 15.6 Å². The molecule has 0 aliphatic carbocycles. The maximum atomic E-state index is 13.5. The molecule has 2 N–H and O–H groups in total. The summed E-state index contributed by atoms with van der Waals surface area (Å²) in [5.74, 6) is -1.28. The Morgan fingerprint density at radius 3 is 2.50 bits per heavy atom. The topological polar surface area (TPSA) is 132 Å². The van der Waals surface area contributed by atoms with E-state index in [1.165, 1.54) is 30.3 Å². The first-order valence-electron chi connectivity index (χ1n) is 13.3. The number of carbonyl (C=O) groups excluding carboxylic acids is 1. The number of nitrogens with zero attached hydrogens (tertiary/aromatic N) is 3. The van der Waals surface area contributed by atoms with Gasteiger partial charge in [-0.3, -0.25) is 18.9 Å². The summed E-state index contributed by atoms with van der Waals surface area (Å²) in [5, 5.41) is 3.04. The molecule has 2 aromatic heterocycles. The average molecular weight is 616 g/mol. The molecule has 0 radical (unpaired) electrons. The van der Waals surface area contributed by atoms with Crippen molar-refractivity contribution >= 4 is 44.1 Å². The third kappa shape index (κ3) is 6.71. The number of fused-ring (bicyclic) bond motifs is 1. The maximum absolute atomic E-state index is 13.5. The predicted molar refractivity (Wildman–Crippen MR) is 160 cm³/mol. The number of anilines is 1. The van der Waals surface area contributed by atoms with Crippen LogP contribution in [0.2, 0.25) is 5.02 Å². The van der Waals surface area contributed by atoms with Gasteiger partial charge in [0.2, 0.25) is 11.8 Å².